The van der Waals surface area contributed by atoms with Crippen LogP contribution in [0.3, 0.4) is 0 Å². The van der Waals surface area contributed by atoms with Gasteiger partial charge in [-0.3, -0.25) is 4.98 Å². The van der Waals surface area contributed by atoms with Gasteiger partial charge >= 0.3 is 0 Å². The van der Waals surface area contributed by atoms with E-state index >= 15 is 0 Å². The number of halogens is 1. The van der Waals surface area contributed by atoms with E-state index in [4.69, 9.17) is 0 Å². The Morgan fingerprint density at radius 2 is 2.07 bits per heavy atom. The molecule has 14 heavy (non-hydrogen) atoms. The van der Waals surface area contributed by atoms with Gasteiger partial charge in [0, 0.05) is 17.8 Å². The van der Waals surface area contributed by atoms with E-state index in [1.54, 1.807) is 12.3 Å². The average Bonchev–Trinajstić information content (AvgIpc) is 2.07. The molecule has 2 nitrogen and oxygen atoms in total. The molecule has 0 amide bonds. The van der Waals surface area contributed by atoms with Crippen LogP contribution in [0.5, 0.6) is 0 Å². The van der Waals surface area contributed by atoms with E-state index in [1.807, 2.05) is 7.05 Å². The van der Waals surface area contributed by atoms with Crippen LogP contribution >= 0.6 is 0 Å². The highest BCUT2D eigenvalue weighted by atomic mass is 19.1. The monoisotopic (exact) mass is 196 g/mol. The summed E-state index contributed by atoms with van der Waals surface area (Å²) in [6.45, 7) is 6.23. The minimum absolute atomic E-state index is 0.00509. The molecular weight excluding hydrogens is 179 g/mol. The van der Waals surface area contributed by atoms with Crippen LogP contribution in [0.15, 0.2) is 18.5 Å². The molecule has 0 saturated carbocycles. The van der Waals surface area contributed by atoms with Crippen LogP contribution in [-0.2, 0) is 0 Å². The standard InChI is InChI=1S/C11H17FN2/c1-11(2,3)10(13-4)8-5-6-14-7-9(8)12/h5-7,10,13H,1-4H3. The summed E-state index contributed by atoms with van der Waals surface area (Å²) in [5.74, 6) is -0.248. The van der Waals surface area contributed by atoms with Crippen LogP contribution in [0.4, 0.5) is 4.39 Å². The van der Waals surface area contributed by atoms with Crippen molar-refractivity contribution in [3.05, 3.63) is 29.8 Å². The van der Waals surface area contributed by atoms with Gasteiger partial charge in [-0.25, -0.2) is 4.39 Å². The smallest absolute Gasteiger partial charge is 0.146 e. The van der Waals surface area contributed by atoms with Crippen molar-refractivity contribution in [3.63, 3.8) is 0 Å². The molecule has 0 bridgehead atoms. The van der Waals surface area contributed by atoms with E-state index in [1.165, 1.54) is 6.20 Å². The van der Waals surface area contributed by atoms with Crippen LogP contribution in [0.2, 0.25) is 0 Å². The molecule has 0 aliphatic rings. The van der Waals surface area contributed by atoms with E-state index in [9.17, 15) is 4.39 Å². The molecule has 1 heterocycles. The Bertz CT molecular complexity index is 304. The molecule has 1 aromatic heterocycles. The molecule has 0 saturated heterocycles. The second-order valence-electron chi connectivity index (χ2n) is 4.48. The molecular formula is C11H17FN2. The fraction of sp³-hybridized carbons (Fsp3) is 0.545. The first kappa shape index (κ1) is 11.1. The Hall–Kier alpha value is -0.960. The molecule has 0 fully saturated rings. The van der Waals surface area contributed by atoms with Gasteiger partial charge in [0.2, 0.25) is 0 Å². The van der Waals surface area contributed by atoms with Gasteiger partial charge in [0.25, 0.3) is 0 Å². The van der Waals surface area contributed by atoms with E-state index in [0.717, 1.165) is 0 Å². The minimum atomic E-state index is -0.248. The van der Waals surface area contributed by atoms with E-state index < -0.39 is 0 Å². The average molecular weight is 196 g/mol. The van der Waals surface area contributed by atoms with Crippen molar-refractivity contribution in [1.29, 1.82) is 0 Å². The zero-order valence-corrected chi connectivity index (χ0v) is 9.13. The Morgan fingerprint density at radius 1 is 1.43 bits per heavy atom. The van der Waals surface area contributed by atoms with Crippen molar-refractivity contribution >= 4 is 0 Å². The van der Waals surface area contributed by atoms with E-state index in [0.29, 0.717) is 5.56 Å². The Kier molecular flexibility index (Phi) is 3.21. The number of aromatic nitrogens is 1. The van der Waals surface area contributed by atoms with Crippen molar-refractivity contribution in [2.75, 3.05) is 7.05 Å². The summed E-state index contributed by atoms with van der Waals surface area (Å²) < 4.78 is 13.5. The highest BCUT2D eigenvalue weighted by Crippen LogP contribution is 2.33. The lowest BCUT2D eigenvalue weighted by Gasteiger charge is -2.30. The molecule has 0 radical (unpaired) electrons. The number of rotatable bonds is 2. The van der Waals surface area contributed by atoms with Gasteiger partial charge in [-0.2, -0.15) is 0 Å². The summed E-state index contributed by atoms with van der Waals surface area (Å²) in [5.41, 5.74) is 0.659. The number of pyridine rings is 1. The summed E-state index contributed by atoms with van der Waals surface area (Å²) in [4.78, 5) is 3.74. The lowest BCUT2D eigenvalue weighted by molar-refractivity contribution is 0.280. The Balaban J connectivity index is 3.08. The third-order valence-electron chi connectivity index (χ3n) is 2.27. The lowest BCUT2D eigenvalue weighted by atomic mass is 9.82. The summed E-state index contributed by atoms with van der Waals surface area (Å²) >= 11 is 0. The Morgan fingerprint density at radius 3 is 2.50 bits per heavy atom. The van der Waals surface area contributed by atoms with Gasteiger partial charge in [0.05, 0.1) is 6.20 Å². The van der Waals surface area contributed by atoms with E-state index in [-0.39, 0.29) is 17.3 Å². The highest BCUT2D eigenvalue weighted by molar-refractivity contribution is 5.19. The van der Waals surface area contributed by atoms with Gasteiger partial charge in [-0.15, -0.1) is 0 Å². The van der Waals surface area contributed by atoms with Gasteiger partial charge in [-0.1, -0.05) is 20.8 Å². The van der Waals surface area contributed by atoms with Gasteiger partial charge in [0.1, 0.15) is 5.82 Å². The first-order valence-electron chi connectivity index (χ1n) is 4.73. The molecule has 0 aliphatic carbocycles. The molecule has 1 N–H and O–H groups in total. The molecule has 0 aliphatic heterocycles. The second-order valence-corrected chi connectivity index (χ2v) is 4.48. The van der Waals surface area contributed by atoms with Gasteiger partial charge in [0.15, 0.2) is 0 Å². The summed E-state index contributed by atoms with van der Waals surface area (Å²) in [6.07, 6.45) is 2.87. The van der Waals surface area contributed by atoms with Crippen LogP contribution < -0.4 is 5.32 Å². The maximum absolute atomic E-state index is 13.5. The molecule has 0 aromatic carbocycles. The normalized spacial score (nSPS) is 14.1. The second kappa shape index (κ2) is 4.05. The summed E-state index contributed by atoms with van der Waals surface area (Å²) in [7, 11) is 1.84. The van der Waals surface area contributed by atoms with Crippen LogP contribution in [-0.4, -0.2) is 12.0 Å². The lowest BCUT2D eigenvalue weighted by Crippen LogP contribution is -2.30. The summed E-state index contributed by atoms with van der Waals surface area (Å²) in [6, 6.07) is 1.73. The zero-order valence-electron chi connectivity index (χ0n) is 9.13. The molecule has 3 heteroatoms. The molecule has 0 spiro atoms. The van der Waals surface area contributed by atoms with Gasteiger partial charge in [-0.05, 0) is 18.5 Å². The van der Waals surface area contributed by atoms with Crippen LogP contribution in [0.1, 0.15) is 32.4 Å². The first-order chi connectivity index (χ1) is 6.46. The van der Waals surface area contributed by atoms with Crippen molar-refractivity contribution < 1.29 is 4.39 Å². The number of nitrogens with one attached hydrogen (secondary N) is 1. The number of hydrogen-bond acceptors (Lipinski definition) is 2. The fourth-order valence-corrected chi connectivity index (χ4v) is 1.68. The third kappa shape index (κ3) is 2.29. The highest BCUT2D eigenvalue weighted by Gasteiger charge is 2.26. The van der Waals surface area contributed by atoms with Crippen molar-refractivity contribution in [2.45, 2.75) is 26.8 Å². The van der Waals surface area contributed by atoms with Crippen molar-refractivity contribution in [2.24, 2.45) is 5.41 Å². The molecule has 1 aromatic rings. The first-order valence-corrected chi connectivity index (χ1v) is 4.73. The maximum atomic E-state index is 13.5. The van der Waals surface area contributed by atoms with Crippen molar-refractivity contribution in [3.8, 4) is 0 Å². The number of hydrogen-bond donors (Lipinski definition) is 1. The summed E-state index contributed by atoms with van der Waals surface area (Å²) in [5, 5.41) is 3.13. The molecule has 78 valence electrons. The molecule has 1 atom stereocenters. The predicted molar refractivity (Wildman–Crippen MR) is 55.5 cm³/mol. The topological polar surface area (TPSA) is 24.9 Å². The molecule has 1 unspecified atom stereocenters. The SMILES string of the molecule is CNC(c1ccncc1F)C(C)(C)C. The predicted octanol–water partition coefficient (Wildman–Crippen LogP) is 2.53. The van der Waals surface area contributed by atoms with E-state index in [2.05, 4.69) is 31.1 Å². The van der Waals surface area contributed by atoms with Gasteiger partial charge < -0.3 is 5.32 Å². The largest absolute Gasteiger partial charge is 0.312 e. The van der Waals surface area contributed by atoms with Crippen LogP contribution in [0, 0.1) is 11.2 Å². The van der Waals surface area contributed by atoms with Crippen molar-refractivity contribution in [1.82, 2.24) is 10.3 Å². The zero-order chi connectivity index (χ0) is 10.8. The Labute approximate surface area is 84.6 Å². The van der Waals surface area contributed by atoms with Crippen LogP contribution in [0.25, 0.3) is 0 Å². The minimum Gasteiger partial charge on any atom is -0.312 e. The quantitative estimate of drug-likeness (QED) is 0.786. The maximum Gasteiger partial charge on any atom is 0.146 e. The molecule has 1 rings (SSSR count). The number of nitrogens with zero attached hydrogens (tertiary/aromatic N) is 1. The fourth-order valence-electron chi connectivity index (χ4n) is 1.68. The third-order valence-corrected chi connectivity index (χ3v) is 2.27.